The largest absolute Gasteiger partial charge is 0.328 e. The molecule has 0 radical (unpaired) electrons. The maximum absolute atomic E-state index is 12.4. The van der Waals surface area contributed by atoms with E-state index in [0.717, 1.165) is 25.3 Å². The van der Waals surface area contributed by atoms with Gasteiger partial charge in [0, 0.05) is 31.5 Å². The van der Waals surface area contributed by atoms with Crippen LogP contribution in [0.2, 0.25) is 0 Å². The molecule has 2 aromatic rings. The number of hydrogen-bond donors (Lipinski definition) is 2. The van der Waals surface area contributed by atoms with Gasteiger partial charge in [0.15, 0.2) is 0 Å². The molecule has 5 heteroatoms. The van der Waals surface area contributed by atoms with E-state index in [1.54, 1.807) is 6.20 Å². The van der Waals surface area contributed by atoms with Crippen LogP contribution in [0.1, 0.15) is 18.2 Å². The summed E-state index contributed by atoms with van der Waals surface area (Å²) in [6.07, 6.45) is 1.72. The van der Waals surface area contributed by atoms with Crippen molar-refractivity contribution in [2.45, 2.75) is 20.4 Å². The fraction of sp³-hybridized carbons (Fsp3) is 0.412. The molecular weight excluding hydrogens is 276 g/mol. The zero-order chi connectivity index (χ0) is 15.5. The van der Waals surface area contributed by atoms with Crippen LogP contribution in [0.5, 0.6) is 0 Å². The number of nitrogens with one attached hydrogen (secondary N) is 2. The smallest absolute Gasteiger partial charge is 0.231 e. The van der Waals surface area contributed by atoms with E-state index in [0.29, 0.717) is 11.9 Å². The number of carbonyl (C=O) groups excluding carboxylic acids is 1. The number of likely N-dealkylation sites (tertiary alicyclic amines) is 1. The number of rotatable bonds is 4. The standard InChI is InChI=1S/C17H22N4O/c1-12-9-21(10-14-6-4-3-5-7-14)11-15(12)16(22)20-17-18-8-13(2)19-17/h3-8,12,15H,9-11H2,1-2H3,(H2,18,19,20,22)/t12-,15-/m1/s1. The monoisotopic (exact) mass is 298 g/mol. The molecule has 1 saturated heterocycles. The molecule has 0 bridgehead atoms. The number of H-pyrrole nitrogens is 1. The number of imidazole rings is 1. The van der Waals surface area contributed by atoms with Gasteiger partial charge in [-0.3, -0.25) is 15.0 Å². The van der Waals surface area contributed by atoms with Crippen LogP contribution in [0, 0.1) is 18.8 Å². The quantitative estimate of drug-likeness (QED) is 0.911. The maximum Gasteiger partial charge on any atom is 0.231 e. The minimum Gasteiger partial charge on any atom is -0.328 e. The number of amides is 1. The van der Waals surface area contributed by atoms with Crippen LogP contribution in [-0.2, 0) is 11.3 Å². The summed E-state index contributed by atoms with van der Waals surface area (Å²) in [6.45, 7) is 6.70. The Morgan fingerprint density at radius 1 is 1.36 bits per heavy atom. The van der Waals surface area contributed by atoms with Crippen molar-refractivity contribution in [1.82, 2.24) is 14.9 Å². The number of benzene rings is 1. The van der Waals surface area contributed by atoms with Crippen LogP contribution in [0.4, 0.5) is 5.95 Å². The first kappa shape index (κ1) is 14.8. The number of aryl methyl sites for hydroxylation is 1. The number of hydrogen-bond acceptors (Lipinski definition) is 3. The van der Waals surface area contributed by atoms with E-state index in [4.69, 9.17) is 0 Å². The Kier molecular flexibility index (Phi) is 4.24. The number of aromatic nitrogens is 2. The van der Waals surface area contributed by atoms with Gasteiger partial charge in [0.25, 0.3) is 0 Å². The van der Waals surface area contributed by atoms with E-state index < -0.39 is 0 Å². The second-order valence-corrected chi connectivity index (χ2v) is 6.17. The fourth-order valence-electron chi connectivity index (χ4n) is 3.06. The van der Waals surface area contributed by atoms with Crippen molar-refractivity contribution in [3.63, 3.8) is 0 Å². The van der Waals surface area contributed by atoms with Crippen LogP contribution in [0.15, 0.2) is 36.5 Å². The minimum atomic E-state index is 0.00844. The highest BCUT2D eigenvalue weighted by Gasteiger charge is 2.34. The van der Waals surface area contributed by atoms with Crippen molar-refractivity contribution < 1.29 is 4.79 Å². The molecule has 1 aromatic heterocycles. The summed E-state index contributed by atoms with van der Waals surface area (Å²) in [7, 11) is 0. The average Bonchev–Trinajstić information content (AvgIpc) is 3.06. The molecule has 5 nitrogen and oxygen atoms in total. The highest BCUT2D eigenvalue weighted by molar-refractivity contribution is 5.91. The Morgan fingerprint density at radius 2 is 2.14 bits per heavy atom. The van der Waals surface area contributed by atoms with E-state index in [9.17, 15) is 4.79 Å². The predicted octanol–water partition coefficient (Wildman–Crippen LogP) is 2.42. The SMILES string of the molecule is Cc1cnc(NC(=O)[C@@H]2CN(Cc3ccccc3)C[C@H]2C)[nH]1. The molecule has 116 valence electrons. The molecule has 1 aliphatic rings. The van der Waals surface area contributed by atoms with Crippen molar-refractivity contribution in [3.05, 3.63) is 47.8 Å². The molecule has 1 aromatic carbocycles. The normalized spacial score (nSPS) is 21.9. The number of aromatic amines is 1. The van der Waals surface area contributed by atoms with Crippen LogP contribution in [-0.4, -0.2) is 33.9 Å². The van der Waals surface area contributed by atoms with Gasteiger partial charge in [0.2, 0.25) is 11.9 Å². The van der Waals surface area contributed by atoms with E-state index in [-0.39, 0.29) is 11.8 Å². The first-order valence-electron chi connectivity index (χ1n) is 7.70. The highest BCUT2D eigenvalue weighted by atomic mass is 16.2. The molecule has 0 unspecified atom stereocenters. The zero-order valence-corrected chi connectivity index (χ0v) is 13.0. The Balaban J connectivity index is 1.59. The molecule has 2 N–H and O–H groups in total. The fourth-order valence-corrected chi connectivity index (χ4v) is 3.06. The summed E-state index contributed by atoms with van der Waals surface area (Å²) < 4.78 is 0. The van der Waals surface area contributed by atoms with E-state index >= 15 is 0 Å². The van der Waals surface area contributed by atoms with Gasteiger partial charge in [0.1, 0.15) is 0 Å². The molecule has 0 saturated carbocycles. The summed E-state index contributed by atoms with van der Waals surface area (Å²) in [6, 6.07) is 10.4. The number of anilines is 1. The molecule has 0 aliphatic carbocycles. The van der Waals surface area contributed by atoms with Crippen molar-refractivity contribution in [1.29, 1.82) is 0 Å². The Morgan fingerprint density at radius 3 is 2.82 bits per heavy atom. The number of carbonyl (C=O) groups is 1. The van der Waals surface area contributed by atoms with Gasteiger partial charge in [-0.15, -0.1) is 0 Å². The van der Waals surface area contributed by atoms with Gasteiger partial charge < -0.3 is 4.98 Å². The topological polar surface area (TPSA) is 61.0 Å². The molecular formula is C17H22N4O. The molecule has 1 amide bonds. The predicted molar refractivity (Wildman–Crippen MR) is 86.3 cm³/mol. The summed E-state index contributed by atoms with van der Waals surface area (Å²) in [4.78, 5) is 22.0. The Hall–Kier alpha value is -2.14. The van der Waals surface area contributed by atoms with Crippen molar-refractivity contribution in [2.24, 2.45) is 11.8 Å². The van der Waals surface area contributed by atoms with Crippen molar-refractivity contribution >= 4 is 11.9 Å². The van der Waals surface area contributed by atoms with Gasteiger partial charge in [-0.25, -0.2) is 4.98 Å². The van der Waals surface area contributed by atoms with Crippen LogP contribution >= 0.6 is 0 Å². The molecule has 1 aliphatic heterocycles. The van der Waals surface area contributed by atoms with Gasteiger partial charge in [-0.1, -0.05) is 37.3 Å². The summed E-state index contributed by atoms with van der Waals surface area (Å²) in [5, 5.41) is 2.89. The molecule has 22 heavy (non-hydrogen) atoms. The highest BCUT2D eigenvalue weighted by Crippen LogP contribution is 2.25. The third-order valence-electron chi connectivity index (χ3n) is 4.22. The van der Waals surface area contributed by atoms with Crippen molar-refractivity contribution in [3.8, 4) is 0 Å². The third-order valence-corrected chi connectivity index (χ3v) is 4.22. The molecule has 0 spiro atoms. The lowest BCUT2D eigenvalue weighted by Crippen LogP contribution is -2.29. The van der Waals surface area contributed by atoms with E-state index in [2.05, 4.69) is 51.4 Å². The maximum atomic E-state index is 12.4. The lowest BCUT2D eigenvalue weighted by Gasteiger charge is -2.15. The number of nitrogens with zero attached hydrogens (tertiary/aromatic N) is 2. The molecule has 1 fully saturated rings. The van der Waals surface area contributed by atoms with Crippen LogP contribution < -0.4 is 5.32 Å². The van der Waals surface area contributed by atoms with E-state index in [1.165, 1.54) is 5.56 Å². The average molecular weight is 298 g/mol. The summed E-state index contributed by atoms with van der Waals surface area (Å²) >= 11 is 0. The second-order valence-electron chi connectivity index (χ2n) is 6.17. The molecule has 3 rings (SSSR count). The van der Waals surface area contributed by atoms with Gasteiger partial charge in [-0.05, 0) is 18.4 Å². The summed E-state index contributed by atoms with van der Waals surface area (Å²) in [5.41, 5.74) is 2.23. The van der Waals surface area contributed by atoms with Crippen LogP contribution in [0.3, 0.4) is 0 Å². The first-order chi connectivity index (χ1) is 10.6. The van der Waals surface area contributed by atoms with Gasteiger partial charge in [-0.2, -0.15) is 0 Å². The Labute approximate surface area is 130 Å². The van der Waals surface area contributed by atoms with Crippen molar-refractivity contribution in [2.75, 3.05) is 18.4 Å². The van der Waals surface area contributed by atoms with E-state index in [1.807, 2.05) is 13.0 Å². The lowest BCUT2D eigenvalue weighted by molar-refractivity contribution is -0.120. The van der Waals surface area contributed by atoms with Crippen LogP contribution in [0.25, 0.3) is 0 Å². The summed E-state index contributed by atoms with van der Waals surface area (Å²) in [5.74, 6) is 0.947. The molecule has 2 heterocycles. The van der Waals surface area contributed by atoms with Gasteiger partial charge >= 0.3 is 0 Å². The molecule has 2 atom stereocenters. The first-order valence-corrected chi connectivity index (χ1v) is 7.70. The third kappa shape index (κ3) is 3.36. The zero-order valence-electron chi connectivity index (χ0n) is 13.0. The Bertz CT molecular complexity index is 637. The van der Waals surface area contributed by atoms with Gasteiger partial charge in [0.05, 0.1) is 5.92 Å². The lowest BCUT2D eigenvalue weighted by atomic mass is 9.97. The second kappa shape index (κ2) is 6.32. The minimum absolute atomic E-state index is 0.00844.